The zero-order valence-electron chi connectivity index (χ0n) is 16.5. The lowest BCUT2D eigenvalue weighted by atomic mass is 9.99. The van der Waals surface area contributed by atoms with E-state index in [1.807, 2.05) is 12.1 Å². The zero-order valence-corrected chi connectivity index (χ0v) is 18.1. The van der Waals surface area contributed by atoms with E-state index in [-0.39, 0.29) is 18.2 Å². The second-order valence-electron chi connectivity index (χ2n) is 6.67. The molecule has 2 heterocycles. The number of halogens is 1. The molecule has 0 saturated carbocycles. The number of ether oxygens (including phenoxy) is 1. The van der Waals surface area contributed by atoms with Gasteiger partial charge in [-0.05, 0) is 36.3 Å². The number of hydrazone groups is 1. The van der Waals surface area contributed by atoms with Crippen LogP contribution in [0, 0.1) is 0 Å². The van der Waals surface area contributed by atoms with E-state index in [0.717, 1.165) is 10.1 Å². The van der Waals surface area contributed by atoms with Crippen LogP contribution < -0.4 is 16.6 Å². The van der Waals surface area contributed by atoms with Crippen LogP contribution in [-0.4, -0.2) is 51.3 Å². The highest BCUT2D eigenvalue weighted by molar-refractivity contribution is 7.80. The molecule has 160 valence electrons. The normalized spacial score (nSPS) is 15.9. The molecule has 11 heteroatoms. The molecule has 1 atom stereocenters. The third-order valence-electron chi connectivity index (χ3n) is 4.78. The summed E-state index contributed by atoms with van der Waals surface area (Å²) in [5.74, 6) is -0.425. The summed E-state index contributed by atoms with van der Waals surface area (Å²) in [7, 11) is 3.22. The third kappa shape index (κ3) is 4.40. The predicted octanol–water partition coefficient (Wildman–Crippen LogP) is 1.59. The first-order chi connectivity index (χ1) is 14.4. The van der Waals surface area contributed by atoms with Crippen LogP contribution in [0.2, 0.25) is 5.02 Å². The summed E-state index contributed by atoms with van der Waals surface area (Å²) in [5.41, 5.74) is -0.224. The van der Waals surface area contributed by atoms with Crippen molar-refractivity contribution in [2.75, 3.05) is 20.8 Å². The number of nitrogens with one attached hydrogen (secondary N) is 2. The molecule has 0 fully saturated rings. The number of hydrogen-bond donors (Lipinski definition) is 3. The largest absolute Gasteiger partial charge is 0.494 e. The molecule has 1 aliphatic rings. The van der Waals surface area contributed by atoms with E-state index in [1.54, 1.807) is 31.3 Å². The van der Waals surface area contributed by atoms with Gasteiger partial charge in [0, 0.05) is 38.8 Å². The van der Waals surface area contributed by atoms with Crippen LogP contribution in [-0.2, 0) is 11.3 Å². The van der Waals surface area contributed by atoms with Gasteiger partial charge in [0.25, 0.3) is 5.56 Å². The van der Waals surface area contributed by atoms with Crippen molar-refractivity contribution < 1.29 is 9.84 Å². The quantitative estimate of drug-likeness (QED) is 0.451. The predicted molar refractivity (Wildman–Crippen MR) is 118 cm³/mol. The van der Waals surface area contributed by atoms with E-state index in [1.165, 1.54) is 0 Å². The van der Waals surface area contributed by atoms with Gasteiger partial charge in [-0.2, -0.15) is 5.10 Å². The number of rotatable bonds is 6. The minimum absolute atomic E-state index is 0.0487. The minimum atomic E-state index is -0.702. The van der Waals surface area contributed by atoms with Gasteiger partial charge in [-0.25, -0.2) is 9.80 Å². The lowest BCUT2D eigenvalue weighted by Gasteiger charge is -2.23. The molecule has 0 amide bonds. The first kappa shape index (κ1) is 22.0. The highest BCUT2D eigenvalue weighted by Gasteiger charge is 2.34. The van der Waals surface area contributed by atoms with E-state index < -0.39 is 17.1 Å². The van der Waals surface area contributed by atoms with E-state index in [9.17, 15) is 14.7 Å². The van der Waals surface area contributed by atoms with Gasteiger partial charge in [-0.3, -0.25) is 14.3 Å². The molecule has 1 aromatic heterocycles. The van der Waals surface area contributed by atoms with E-state index in [0.29, 0.717) is 35.3 Å². The summed E-state index contributed by atoms with van der Waals surface area (Å²) in [6, 6.07) is 6.93. The highest BCUT2D eigenvalue weighted by Crippen LogP contribution is 2.34. The number of aromatic hydroxyl groups is 1. The molecule has 0 radical (unpaired) electrons. The number of nitrogens with zero attached hydrogens (tertiary/aromatic N) is 3. The Morgan fingerprint density at radius 3 is 2.73 bits per heavy atom. The summed E-state index contributed by atoms with van der Waals surface area (Å²) in [6.07, 6.45) is 0.793. The fourth-order valence-corrected chi connectivity index (χ4v) is 3.60. The van der Waals surface area contributed by atoms with E-state index in [4.69, 9.17) is 28.6 Å². The lowest BCUT2D eigenvalue weighted by Crippen LogP contribution is -2.34. The number of methoxy groups -OCH3 is 1. The third-order valence-corrected chi connectivity index (χ3v) is 5.42. The Labute approximate surface area is 182 Å². The van der Waals surface area contributed by atoms with Crippen LogP contribution in [0.3, 0.4) is 0 Å². The second kappa shape index (κ2) is 9.41. The fourth-order valence-electron chi connectivity index (χ4n) is 3.30. The molecule has 9 nitrogen and oxygen atoms in total. The molecule has 0 aliphatic carbocycles. The van der Waals surface area contributed by atoms with E-state index in [2.05, 4.69) is 15.4 Å². The smallest absolute Gasteiger partial charge is 0.331 e. The highest BCUT2D eigenvalue weighted by atomic mass is 35.5. The molecule has 0 bridgehead atoms. The summed E-state index contributed by atoms with van der Waals surface area (Å²) in [4.78, 5) is 27.0. The van der Waals surface area contributed by atoms with Gasteiger partial charge in [-0.1, -0.05) is 23.7 Å². The van der Waals surface area contributed by atoms with Crippen LogP contribution in [0.1, 0.15) is 30.0 Å². The molecular formula is C19H22ClN5O4S. The Hall–Kier alpha value is -2.69. The number of H-pyrrole nitrogens is 1. The van der Waals surface area contributed by atoms with Crippen LogP contribution >= 0.6 is 23.8 Å². The second-order valence-corrected chi connectivity index (χ2v) is 7.50. The summed E-state index contributed by atoms with van der Waals surface area (Å²) in [5, 5.41) is 20.6. The van der Waals surface area contributed by atoms with Crippen molar-refractivity contribution in [3.05, 3.63) is 61.3 Å². The Bertz CT molecular complexity index is 1080. The molecule has 30 heavy (non-hydrogen) atoms. The number of hydrogen-bond acceptors (Lipinski definition) is 6. The van der Waals surface area contributed by atoms with E-state index >= 15 is 0 Å². The first-order valence-electron chi connectivity index (χ1n) is 9.26. The van der Waals surface area contributed by atoms with Crippen molar-refractivity contribution in [2.45, 2.75) is 25.4 Å². The maximum absolute atomic E-state index is 12.5. The van der Waals surface area contributed by atoms with Crippen molar-refractivity contribution in [3.8, 4) is 5.88 Å². The average molecular weight is 452 g/mol. The Kier molecular flexibility index (Phi) is 6.91. The van der Waals surface area contributed by atoms with Gasteiger partial charge in [-0.15, -0.1) is 0 Å². The maximum Gasteiger partial charge on any atom is 0.331 e. The topological polar surface area (TPSA) is 112 Å². The molecule has 3 rings (SSSR count). The van der Waals surface area contributed by atoms with Gasteiger partial charge in [0.05, 0.1) is 11.8 Å². The van der Waals surface area contributed by atoms with Crippen LogP contribution in [0.15, 0.2) is 39.0 Å². The molecule has 1 aromatic carbocycles. The van der Waals surface area contributed by atoms with Crippen molar-refractivity contribution in [1.82, 2.24) is 19.9 Å². The van der Waals surface area contributed by atoms with Crippen molar-refractivity contribution in [3.63, 3.8) is 0 Å². The van der Waals surface area contributed by atoms with Gasteiger partial charge < -0.3 is 15.2 Å². The molecule has 2 aromatic rings. The van der Waals surface area contributed by atoms with Crippen LogP contribution in [0.5, 0.6) is 5.88 Å². The lowest BCUT2D eigenvalue weighted by molar-refractivity contribution is 0.188. The number of aromatic nitrogens is 2. The van der Waals surface area contributed by atoms with Crippen molar-refractivity contribution >= 4 is 34.6 Å². The zero-order chi connectivity index (χ0) is 21.8. The Morgan fingerprint density at radius 2 is 2.10 bits per heavy atom. The summed E-state index contributed by atoms with van der Waals surface area (Å²) >= 11 is 11.4. The molecule has 1 aliphatic heterocycles. The Balaban J connectivity index is 2.03. The standard InChI is InChI=1S/C19H22ClN5O4S/c1-21-19(30)25-14(11-4-6-12(20)7-5-11)10-13(23-25)15-16(26)22-18(28)24(17(15)27)8-3-9-29-2/h4-7,14,27H,3,8-10H2,1-2H3,(H,21,30)(H,22,26,28)/t14-/m1/s1. The van der Waals surface area contributed by atoms with Crippen LogP contribution in [0.25, 0.3) is 0 Å². The van der Waals surface area contributed by atoms with Crippen LogP contribution in [0.4, 0.5) is 0 Å². The monoisotopic (exact) mass is 451 g/mol. The molecule has 0 spiro atoms. The molecule has 3 N–H and O–H groups in total. The summed E-state index contributed by atoms with van der Waals surface area (Å²) in [6.45, 7) is 0.596. The number of benzene rings is 1. The SMILES string of the molecule is CNC(=S)N1N=C(c2c(O)n(CCCOC)c(=O)[nH]c2=O)C[C@@H]1c1ccc(Cl)cc1. The van der Waals surface area contributed by atoms with Gasteiger partial charge >= 0.3 is 5.69 Å². The van der Waals surface area contributed by atoms with Gasteiger partial charge in [0.1, 0.15) is 5.56 Å². The first-order valence-corrected chi connectivity index (χ1v) is 10.0. The van der Waals surface area contributed by atoms with Gasteiger partial charge in [0.15, 0.2) is 5.11 Å². The average Bonchev–Trinajstić information content (AvgIpc) is 3.15. The van der Waals surface area contributed by atoms with Gasteiger partial charge in [0.2, 0.25) is 5.88 Å². The van der Waals surface area contributed by atoms with Crippen molar-refractivity contribution in [1.29, 1.82) is 0 Å². The summed E-state index contributed by atoms with van der Waals surface area (Å²) < 4.78 is 6.10. The molecule has 0 unspecified atom stereocenters. The number of thiocarbonyl (C=S) groups is 1. The molecular weight excluding hydrogens is 430 g/mol. The Morgan fingerprint density at radius 1 is 1.40 bits per heavy atom. The number of aromatic amines is 1. The maximum atomic E-state index is 12.5. The molecule has 0 saturated heterocycles. The minimum Gasteiger partial charge on any atom is -0.494 e. The van der Waals surface area contributed by atoms with Crippen molar-refractivity contribution in [2.24, 2.45) is 5.10 Å². The fraction of sp³-hybridized carbons (Fsp3) is 0.368.